The van der Waals surface area contributed by atoms with E-state index in [0.717, 1.165) is 0 Å². The Bertz CT molecular complexity index is 211. The van der Waals surface area contributed by atoms with Crippen LogP contribution in [0.5, 0.6) is 0 Å². The molecule has 5 nitrogen and oxygen atoms in total. The van der Waals surface area contributed by atoms with E-state index in [-0.39, 0.29) is 18.9 Å². The average Bonchev–Trinajstić information content (AvgIpc) is 2.32. The average molecular weight is 173 g/mol. The third-order valence-electron chi connectivity index (χ3n) is 2.37. The van der Waals surface area contributed by atoms with Crippen LogP contribution in [0.2, 0.25) is 0 Å². The van der Waals surface area contributed by atoms with Crippen LogP contribution in [0.3, 0.4) is 0 Å². The summed E-state index contributed by atoms with van der Waals surface area (Å²) in [6.45, 7) is 0. The van der Waals surface area contributed by atoms with E-state index in [0.29, 0.717) is 6.42 Å². The molecule has 12 heavy (non-hydrogen) atoms. The van der Waals surface area contributed by atoms with Crippen molar-refractivity contribution in [3.05, 3.63) is 0 Å². The van der Waals surface area contributed by atoms with E-state index in [1.807, 2.05) is 0 Å². The van der Waals surface area contributed by atoms with Gasteiger partial charge in [0.05, 0.1) is 0 Å². The minimum absolute atomic E-state index is 0.0394. The summed E-state index contributed by atoms with van der Waals surface area (Å²) in [5, 5.41) is 17.4. The SMILES string of the molecule is NC1CCC(C(=O)O)(C(=O)O)C1. The predicted octanol–water partition coefficient (Wildman–Crippen LogP) is -0.347. The first-order valence-corrected chi connectivity index (χ1v) is 3.71. The topological polar surface area (TPSA) is 101 Å². The Hall–Kier alpha value is -1.10. The van der Waals surface area contributed by atoms with E-state index in [2.05, 4.69) is 0 Å². The first-order chi connectivity index (χ1) is 5.49. The van der Waals surface area contributed by atoms with Crippen molar-refractivity contribution in [3.8, 4) is 0 Å². The molecule has 0 amide bonds. The summed E-state index contributed by atoms with van der Waals surface area (Å²) in [5.41, 5.74) is 3.83. The van der Waals surface area contributed by atoms with Gasteiger partial charge in [-0.1, -0.05) is 0 Å². The van der Waals surface area contributed by atoms with Crippen molar-refractivity contribution in [1.29, 1.82) is 0 Å². The van der Waals surface area contributed by atoms with E-state index < -0.39 is 17.4 Å². The highest BCUT2D eigenvalue weighted by molar-refractivity contribution is 5.98. The zero-order valence-electron chi connectivity index (χ0n) is 6.49. The van der Waals surface area contributed by atoms with Gasteiger partial charge in [0.15, 0.2) is 5.41 Å². The molecule has 0 spiro atoms. The Kier molecular flexibility index (Phi) is 2.06. The highest BCUT2D eigenvalue weighted by Gasteiger charge is 2.51. The molecule has 0 saturated heterocycles. The molecule has 1 aliphatic rings. The standard InChI is InChI=1S/C7H11NO4/c8-4-1-2-7(3-4,5(9)10)6(11)12/h4H,1-3,8H2,(H,9,10)(H,11,12). The lowest BCUT2D eigenvalue weighted by atomic mass is 9.86. The normalized spacial score (nSPS) is 26.9. The lowest BCUT2D eigenvalue weighted by molar-refractivity contribution is -0.164. The van der Waals surface area contributed by atoms with Gasteiger partial charge >= 0.3 is 11.9 Å². The third-order valence-corrected chi connectivity index (χ3v) is 2.37. The zero-order valence-corrected chi connectivity index (χ0v) is 6.49. The molecule has 0 bridgehead atoms. The molecule has 68 valence electrons. The molecular weight excluding hydrogens is 162 g/mol. The molecule has 1 fully saturated rings. The van der Waals surface area contributed by atoms with Crippen LogP contribution in [-0.4, -0.2) is 28.2 Å². The van der Waals surface area contributed by atoms with Gasteiger partial charge in [-0.05, 0) is 19.3 Å². The smallest absolute Gasteiger partial charge is 0.321 e. The number of hydrogen-bond donors (Lipinski definition) is 3. The van der Waals surface area contributed by atoms with Crippen LogP contribution in [0.15, 0.2) is 0 Å². The van der Waals surface area contributed by atoms with Crippen LogP contribution >= 0.6 is 0 Å². The highest BCUT2D eigenvalue weighted by atomic mass is 16.4. The molecule has 0 aliphatic heterocycles. The third kappa shape index (κ3) is 1.16. The van der Waals surface area contributed by atoms with E-state index in [9.17, 15) is 9.59 Å². The fraction of sp³-hybridized carbons (Fsp3) is 0.714. The van der Waals surface area contributed by atoms with Gasteiger partial charge < -0.3 is 15.9 Å². The fourth-order valence-corrected chi connectivity index (χ4v) is 1.56. The maximum Gasteiger partial charge on any atom is 0.321 e. The number of aliphatic carboxylic acids is 2. The van der Waals surface area contributed by atoms with Gasteiger partial charge in [0.1, 0.15) is 0 Å². The number of carbonyl (C=O) groups is 2. The molecule has 0 aromatic carbocycles. The molecule has 0 aromatic heterocycles. The van der Waals surface area contributed by atoms with Crippen molar-refractivity contribution in [1.82, 2.24) is 0 Å². The second-order valence-corrected chi connectivity index (χ2v) is 3.20. The lowest BCUT2D eigenvalue weighted by Gasteiger charge is -2.17. The summed E-state index contributed by atoms with van der Waals surface area (Å²) in [6, 6.07) is -0.294. The Balaban J connectivity index is 2.89. The lowest BCUT2D eigenvalue weighted by Crippen LogP contribution is -2.38. The van der Waals surface area contributed by atoms with Gasteiger partial charge in [0, 0.05) is 6.04 Å². The van der Waals surface area contributed by atoms with Gasteiger partial charge in [-0.15, -0.1) is 0 Å². The largest absolute Gasteiger partial charge is 0.480 e. The maximum absolute atomic E-state index is 10.7. The minimum atomic E-state index is -1.63. The maximum atomic E-state index is 10.7. The number of nitrogens with two attached hydrogens (primary N) is 1. The second kappa shape index (κ2) is 2.75. The molecule has 0 radical (unpaired) electrons. The Labute approximate surface area is 69.2 Å². The van der Waals surface area contributed by atoms with Crippen LogP contribution < -0.4 is 5.73 Å². The quantitative estimate of drug-likeness (QED) is 0.495. The summed E-state index contributed by atoms with van der Waals surface area (Å²) < 4.78 is 0. The van der Waals surface area contributed by atoms with E-state index >= 15 is 0 Å². The molecule has 1 aliphatic carbocycles. The first-order valence-electron chi connectivity index (χ1n) is 3.71. The summed E-state index contributed by atoms with van der Waals surface area (Å²) in [4.78, 5) is 21.3. The number of carboxylic acids is 2. The molecule has 1 rings (SSSR count). The molecule has 1 saturated carbocycles. The number of rotatable bonds is 2. The Morgan fingerprint density at radius 3 is 2.00 bits per heavy atom. The van der Waals surface area contributed by atoms with Gasteiger partial charge in [-0.3, -0.25) is 9.59 Å². The minimum Gasteiger partial charge on any atom is -0.480 e. The van der Waals surface area contributed by atoms with Gasteiger partial charge in [-0.2, -0.15) is 0 Å². The van der Waals surface area contributed by atoms with Gasteiger partial charge in [-0.25, -0.2) is 0 Å². The summed E-state index contributed by atoms with van der Waals surface area (Å²) in [7, 11) is 0. The fourth-order valence-electron chi connectivity index (χ4n) is 1.56. The van der Waals surface area contributed by atoms with Crippen LogP contribution in [0.25, 0.3) is 0 Å². The van der Waals surface area contributed by atoms with Crippen LogP contribution in [0.4, 0.5) is 0 Å². The van der Waals surface area contributed by atoms with Crippen molar-refractivity contribution in [2.45, 2.75) is 25.3 Å². The van der Waals surface area contributed by atoms with Gasteiger partial charge in [0.25, 0.3) is 0 Å². The van der Waals surface area contributed by atoms with Gasteiger partial charge in [0.2, 0.25) is 0 Å². The van der Waals surface area contributed by atoms with E-state index in [4.69, 9.17) is 15.9 Å². The van der Waals surface area contributed by atoms with E-state index in [1.54, 1.807) is 0 Å². The van der Waals surface area contributed by atoms with Crippen molar-refractivity contribution in [2.24, 2.45) is 11.1 Å². The molecule has 5 heteroatoms. The first kappa shape index (κ1) is 8.99. The molecule has 1 unspecified atom stereocenters. The van der Waals surface area contributed by atoms with Crippen molar-refractivity contribution in [2.75, 3.05) is 0 Å². The monoisotopic (exact) mass is 173 g/mol. The van der Waals surface area contributed by atoms with Crippen molar-refractivity contribution in [3.63, 3.8) is 0 Å². The van der Waals surface area contributed by atoms with Crippen molar-refractivity contribution < 1.29 is 19.8 Å². The van der Waals surface area contributed by atoms with Crippen LogP contribution in [-0.2, 0) is 9.59 Å². The molecule has 4 N–H and O–H groups in total. The number of hydrogen-bond acceptors (Lipinski definition) is 3. The number of carboxylic acid groups (broad SMARTS) is 2. The molecule has 1 atom stereocenters. The molecular formula is C7H11NO4. The molecule has 0 aromatic rings. The predicted molar refractivity (Wildman–Crippen MR) is 39.5 cm³/mol. The van der Waals surface area contributed by atoms with E-state index in [1.165, 1.54) is 0 Å². The van der Waals surface area contributed by atoms with Crippen molar-refractivity contribution >= 4 is 11.9 Å². The van der Waals surface area contributed by atoms with Crippen LogP contribution in [0.1, 0.15) is 19.3 Å². The molecule has 0 heterocycles. The summed E-state index contributed by atoms with van der Waals surface area (Å²) in [6.07, 6.45) is 0.648. The second-order valence-electron chi connectivity index (χ2n) is 3.20. The van der Waals surface area contributed by atoms with Crippen LogP contribution in [0, 0.1) is 5.41 Å². The summed E-state index contributed by atoms with van der Waals surface area (Å²) >= 11 is 0. The Morgan fingerprint density at radius 1 is 1.33 bits per heavy atom. The highest BCUT2D eigenvalue weighted by Crippen LogP contribution is 2.37. The zero-order chi connectivity index (χ0) is 9.35. The Morgan fingerprint density at radius 2 is 1.83 bits per heavy atom. The summed E-state index contributed by atoms with van der Waals surface area (Å²) in [5.74, 6) is -2.55.